The van der Waals surface area contributed by atoms with Crippen molar-refractivity contribution >= 4 is 22.3 Å². The molecule has 0 unspecified atom stereocenters. The van der Waals surface area contributed by atoms with Gasteiger partial charge in [-0.3, -0.25) is 0 Å². The summed E-state index contributed by atoms with van der Waals surface area (Å²) in [5.41, 5.74) is 2.55. The van der Waals surface area contributed by atoms with E-state index in [1.165, 1.54) is 39.6 Å². The number of unbranched alkanes of at least 4 members (excludes halogenated alkanes) is 3. The number of para-hydroxylation sites is 2. The van der Waals surface area contributed by atoms with E-state index in [2.05, 4.69) is 61.2 Å². The summed E-state index contributed by atoms with van der Waals surface area (Å²) in [6.45, 7) is 2.28. The minimum atomic E-state index is -2.06. The fourth-order valence-electron chi connectivity index (χ4n) is 3.25. The number of fused-ring (bicyclic) bond motifs is 2. The Kier molecular flexibility index (Phi) is 4.40. The molecule has 1 aliphatic heterocycles. The average molecular weight is 343 g/mol. The Balaban J connectivity index is 1.97. The molecule has 0 N–H and O–H groups in total. The van der Waals surface area contributed by atoms with Crippen LogP contribution in [0.25, 0.3) is 0 Å². The van der Waals surface area contributed by atoms with Gasteiger partial charge in [-0.15, -0.1) is 0 Å². The monoisotopic (exact) mass is 343 g/mol. The van der Waals surface area contributed by atoms with Gasteiger partial charge in [-0.05, 0) is 0 Å². The zero-order chi connectivity index (χ0) is 14.7. The molecule has 1 nitrogen and oxygen atoms in total. The number of ether oxygens (including phenoxy) is 1. The van der Waals surface area contributed by atoms with Crippen molar-refractivity contribution in [2.24, 2.45) is 0 Å². The average Bonchev–Trinajstić information content (AvgIpc) is 2.52. The molecule has 0 amide bonds. The number of rotatable bonds is 5. The number of hydrogen-bond donors (Lipinski definition) is 0. The Morgan fingerprint density at radius 1 is 0.810 bits per heavy atom. The standard InChI is InChI=1S/C19H24AsO/c1-3-4-5-10-15-20(2)16-11-6-8-13-18(16)21-19-14-9-7-12-17(19)20/h6-9,11-14H,3-5,10,15H2,1-2H3. The third-order valence-corrected chi connectivity index (χ3v) is 13.0. The van der Waals surface area contributed by atoms with Crippen LogP contribution in [-0.2, 0) is 0 Å². The summed E-state index contributed by atoms with van der Waals surface area (Å²) in [6.07, 6.45) is 5.37. The van der Waals surface area contributed by atoms with Crippen LogP contribution in [0.3, 0.4) is 0 Å². The Morgan fingerprint density at radius 3 is 1.95 bits per heavy atom. The van der Waals surface area contributed by atoms with Gasteiger partial charge in [0.25, 0.3) is 0 Å². The molecular weight excluding hydrogens is 319 g/mol. The van der Waals surface area contributed by atoms with Gasteiger partial charge < -0.3 is 0 Å². The van der Waals surface area contributed by atoms with Gasteiger partial charge in [0, 0.05) is 0 Å². The van der Waals surface area contributed by atoms with Crippen LogP contribution < -0.4 is 13.4 Å². The summed E-state index contributed by atoms with van der Waals surface area (Å²) in [5.74, 6) is 2.20. The number of hydrogen-bond acceptors (Lipinski definition) is 1. The molecule has 0 atom stereocenters. The van der Waals surface area contributed by atoms with Crippen molar-refractivity contribution in [2.75, 3.05) is 0 Å². The molecule has 0 aliphatic carbocycles. The molecule has 2 aromatic rings. The van der Waals surface area contributed by atoms with Crippen molar-refractivity contribution in [3.05, 3.63) is 48.5 Å². The van der Waals surface area contributed by atoms with Gasteiger partial charge in [-0.2, -0.15) is 0 Å². The molecule has 2 aromatic carbocycles. The fraction of sp³-hybridized carbons (Fsp3) is 0.368. The predicted octanol–water partition coefficient (Wildman–Crippen LogP) is 4.57. The number of benzene rings is 2. The van der Waals surface area contributed by atoms with Gasteiger partial charge in [0.1, 0.15) is 0 Å². The van der Waals surface area contributed by atoms with E-state index in [1.54, 1.807) is 0 Å². The van der Waals surface area contributed by atoms with Crippen molar-refractivity contribution < 1.29 is 4.74 Å². The van der Waals surface area contributed by atoms with E-state index in [9.17, 15) is 0 Å². The summed E-state index contributed by atoms with van der Waals surface area (Å²) in [7, 11) is 0. The molecule has 0 bridgehead atoms. The molecule has 2 heteroatoms. The maximum atomic E-state index is 6.14. The van der Waals surface area contributed by atoms with Crippen LogP contribution in [0.1, 0.15) is 32.6 Å². The second kappa shape index (κ2) is 6.28. The second-order valence-corrected chi connectivity index (χ2v) is 14.0. The summed E-state index contributed by atoms with van der Waals surface area (Å²) in [6, 6.07) is 17.4. The maximum absolute atomic E-state index is 6.14. The van der Waals surface area contributed by atoms with Gasteiger partial charge >= 0.3 is 131 Å². The Morgan fingerprint density at radius 2 is 1.38 bits per heavy atom. The first kappa shape index (κ1) is 14.7. The molecule has 0 fully saturated rings. The molecular formula is C19H24AsO. The van der Waals surface area contributed by atoms with Crippen molar-refractivity contribution in [2.45, 2.75) is 43.5 Å². The Hall–Kier alpha value is -1.20. The zero-order valence-electron chi connectivity index (χ0n) is 13.0. The van der Waals surface area contributed by atoms with Crippen LogP contribution in [0.15, 0.2) is 48.5 Å². The Bertz CT molecular complexity index is 575. The third kappa shape index (κ3) is 2.77. The van der Waals surface area contributed by atoms with Crippen LogP contribution in [0.2, 0.25) is 10.9 Å². The van der Waals surface area contributed by atoms with E-state index in [4.69, 9.17) is 4.74 Å². The summed E-state index contributed by atoms with van der Waals surface area (Å²) >= 11 is -2.06. The van der Waals surface area contributed by atoms with E-state index < -0.39 is 13.6 Å². The van der Waals surface area contributed by atoms with Gasteiger partial charge in [0.2, 0.25) is 0 Å². The topological polar surface area (TPSA) is 9.23 Å². The molecule has 1 aliphatic rings. The van der Waals surface area contributed by atoms with Gasteiger partial charge in [-0.1, -0.05) is 0 Å². The van der Waals surface area contributed by atoms with Gasteiger partial charge in [0.05, 0.1) is 0 Å². The van der Waals surface area contributed by atoms with E-state index in [0.717, 1.165) is 11.5 Å². The van der Waals surface area contributed by atoms with Crippen LogP contribution >= 0.6 is 0 Å². The van der Waals surface area contributed by atoms with Crippen LogP contribution in [-0.4, -0.2) is 13.6 Å². The quantitative estimate of drug-likeness (QED) is 0.571. The van der Waals surface area contributed by atoms with Crippen molar-refractivity contribution in [1.29, 1.82) is 0 Å². The van der Waals surface area contributed by atoms with Crippen molar-refractivity contribution in [1.82, 2.24) is 0 Å². The molecule has 21 heavy (non-hydrogen) atoms. The molecule has 0 spiro atoms. The van der Waals surface area contributed by atoms with Crippen LogP contribution in [0.5, 0.6) is 11.5 Å². The fourth-order valence-corrected chi connectivity index (χ4v) is 10.9. The minimum absolute atomic E-state index is 1.10. The summed E-state index contributed by atoms with van der Waals surface area (Å²) in [5, 5.41) is 1.36. The van der Waals surface area contributed by atoms with Crippen LogP contribution in [0.4, 0.5) is 0 Å². The molecule has 3 rings (SSSR count). The molecule has 0 aromatic heterocycles. The van der Waals surface area contributed by atoms with E-state index in [0.29, 0.717) is 0 Å². The van der Waals surface area contributed by atoms with Crippen molar-refractivity contribution in [3.8, 4) is 11.5 Å². The first-order valence-corrected chi connectivity index (χ1v) is 13.1. The second-order valence-electron chi connectivity index (χ2n) is 6.01. The Labute approximate surface area is 130 Å². The molecule has 1 radical (unpaired) electrons. The van der Waals surface area contributed by atoms with E-state index in [-0.39, 0.29) is 0 Å². The molecule has 111 valence electrons. The SMILES string of the molecule is CCCCCC[As]1(C)c2ccccc2Oc2ccccc21. The van der Waals surface area contributed by atoms with E-state index in [1.807, 2.05) is 0 Å². The van der Waals surface area contributed by atoms with E-state index >= 15 is 0 Å². The summed E-state index contributed by atoms with van der Waals surface area (Å²) in [4.78, 5) is 0. The van der Waals surface area contributed by atoms with Gasteiger partial charge in [-0.25, -0.2) is 0 Å². The molecule has 1 heterocycles. The normalized spacial score (nSPS) is 15.0. The molecule has 0 saturated carbocycles. The summed E-state index contributed by atoms with van der Waals surface area (Å²) < 4.78 is 9.15. The third-order valence-electron chi connectivity index (χ3n) is 4.47. The van der Waals surface area contributed by atoms with Crippen LogP contribution in [0, 0.1) is 0 Å². The van der Waals surface area contributed by atoms with Crippen molar-refractivity contribution in [3.63, 3.8) is 0 Å². The van der Waals surface area contributed by atoms with Gasteiger partial charge in [0.15, 0.2) is 0 Å². The first-order chi connectivity index (χ1) is 10.3. The zero-order valence-corrected chi connectivity index (χ0v) is 14.9. The predicted molar refractivity (Wildman–Crippen MR) is 92.8 cm³/mol. The first-order valence-electron chi connectivity index (χ1n) is 7.98. The molecule has 0 saturated heterocycles.